The van der Waals surface area contributed by atoms with Crippen LogP contribution in [-0.2, 0) is 0 Å². The minimum atomic E-state index is 1.23. The SMILES string of the molecule is c1ccc(-c2ccccc2-c2ccccc2-c2ccccc2-c2ccccc2-c2ccccc2)cc1. The molecule has 0 bridgehead atoms. The van der Waals surface area contributed by atoms with E-state index in [4.69, 9.17) is 0 Å². The van der Waals surface area contributed by atoms with Gasteiger partial charge < -0.3 is 0 Å². The van der Waals surface area contributed by atoms with E-state index in [1.54, 1.807) is 0 Å². The maximum atomic E-state index is 2.25. The Labute approximate surface area is 213 Å². The van der Waals surface area contributed by atoms with E-state index in [1.807, 2.05) is 0 Å². The standard InChI is InChI=1S/C36H26/c1-3-15-27(16-4-1)29-19-7-9-21-31(29)33-23-11-13-25-35(33)36-26-14-12-24-34(36)32-22-10-8-20-30(32)28-17-5-2-6-18-28/h1-26H. The fourth-order valence-electron chi connectivity index (χ4n) is 5.08. The summed E-state index contributed by atoms with van der Waals surface area (Å²) in [5.74, 6) is 0. The highest BCUT2D eigenvalue weighted by Gasteiger charge is 2.16. The molecule has 0 aromatic heterocycles. The van der Waals surface area contributed by atoms with Crippen LogP contribution in [-0.4, -0.2) is 0 Å². The number of hydrogen-bond donors (Lipinski definition) is 0. The van der Waals surface area contributed by atoms with Crippen molar-refractivity contribution >= 4 is 0 Å². The summed E-state index contributed by atoms with van der Waals surface area (Å²) in [5, 5.41) is 0. The smallest absolute Gasteiger partial charge is 0.00990 e. The average Bonchev–Trinajstić information content (AvgIpc) is 2.98. The minimum Gasteiger partial charge on any atom is -0.0622 e. The minimum absolute atomic E-state index is 1.23. The molecule has 0 aliphatic rings. The zero-order chi connectivity index (χ0) is 24.2. The summed E-state index contributed by atoms with van der Waals surface area (Å²) >= 11 is 0. The first-order valence-electron chi connectivity index (χ1n) is 12.4. The first kappa shape index (κ1) is 21.8. The molecule has 0 unspecified atom stereocenters. The quantitative estimate of drug-likeness (QED) is 0.241. The van der Waals surface area contributed by atoms with Gasteiger partial charge in [-0.05, 0) is 55.6 Å². The predicted octanol–water partition coefficient (Wildman–Crippen LogP) is 10.0. The van der Waals surface area contributed by atoms with Gasteiger partial charge in [0.1, 0.15) is 0 Å². The van der Waals surface area contributed by atoms with Crippen LogP contribution in [0.2, 0.25) is 0 Å². The summed E-state index contributed by atoms with van der Waals surface area (Å²) in [7, 11) is 0. The van der Waals surface area contributed by atoms with E-state index in [2.05, 4.69) is 158 Å². The second kappa shape index (κ2) is 9.90. The molecule has 0 saturated heterocycles. The van der Waals surface area contributed by atoms with Crippen molar-refractivity contribution in [3.8, 4) is 55.6 Å². The zero-order valence-corrected chi connectivity index (χ0v) is 20.0. The Morgan fingerprint density at radius 1 is 0.167 bits per heavy atom. The second-order valence-electron chi connectivity index (χ2n) is 8.91. The van der Waals surface area contributed by atoms with E-state index in [9.17, 15) is 0 Å². The van der Waals surface area contributed by atoms with Crippen LogP contribution in [0.1, 0.15) is 0 Å². The van der Waals surface area contributed by atoms with Crippen LogP contribution in [0.4, 0.5) is 0 Å². The van der Waals surface area contributed by atoms with Crippen molar-refractivity contribution in [1.82, 2.24) is 0 Å². The van der Waals surface area contributed by atoms with E-state index >= 15 is 0 Å². The Balaban J connectivity index is 1.56. The lowest BCUT2D eigenvalue weighted by Crippen LogP contribution is -1.92. The molecule has 0 saturated carbocycles. The van der Waals surface area contributed by atoms with Crippen LogP contribution >= 0.6 is 0 Å². The molecule has 0 heterocycles. The van der Waals surface area contributed by atoms with E-state index in [0.29, 0.717) is 0 Å². The Morgan fingerprint density at radius 2 is 0.361 bits per heavy atom. The largest absolute Gasteiger partial charge is 0.0622 e. The van der Waals surface area contributed by atoms with Gasteiger partial charge in [0.05, 0.1) is 0 Å². The molecule has 6 aromatic rings. The summed E-state index contributed by atoms with van der Waals surface area (Å²) in [4.78, 5) is 0. The summed E-state index contributed by atoms with van der Waals surface area (Å²) in [5.41, 5.74) is 12.4. The Hall–Kier alpha value is -4.68. The van der Waals surface area contributed by atoms with Gasteiger partial charge in [0, 0.05) is 0 Å². The molecular formula is C36H26. The molecule has 0 aliphatic carbocycles. The molecular weight excluding hydrogens is 432 g/mol. The van der Waals surface area contributed by atoms with Gasteiger partial charge in [0.2, 0.25) is 0 Å². The van der Waals surface area contributed by atoms with Crippen molar-refractivity contribution in [2.45, 2.75) is 0 Å². The third kappa shape index (κ3) is 4.15. The average molecular weight is 459 g/mol. The lowest BCUT2D eigenvalue weighted by molar-refractivity contribution is 1.54. The molecule has 0 N–H and O–H groups in total. The summed E-state index contributed by atoms with van der Waals surface area (Å²) in [6, 6.07) is 56.3. The van der Waals surface area contributed by atoms with E-state index < -0.39 is 0 Å². The molecule has 0 nitrogen and oxygen atoms in total. The highest BCUT2D eigenvalue weighted by atomic mass is 14.2. The molecule has 0 fully saturated rings. The van der Waals surface area contributed by atoms with E-state index in [0.717, 1.165) is 0 Å². The number of hydrogen-bond acceptors (Lipinski definition) is 0. The van der Waals surface area contributed by atoms with Gasteiger partial charge in [0.25, 0.3) is 0 Å². The number of rotatable bonds is 5. The predicted molar refractivity (Wildman–Crippen MR) is 154 cm³/mol. The third-order valence-corrected chi connectivity index (χ3v) is 6.75. The Bertz CT molecular complexity index is 1490. The van der Waals surface area contributed by atoms with Gasteiger partial charge in [-0.1, -0.05) is 158 Å². The van der Waals surface area contributed by atoms with E-state index in [1.165, 1.54) is 55.6 Å². The van der Waals surface area contributed by atoms with Gasteiger partial charge >= 0.3 is 0 Å². The fraction of sp³-hybridized carbons (Fsp3) is 0. The molecule has 6 rings (SSSR count). The number of benzene rings is 6. The van der Waals surface area contributed by atoms with Crippen LogP contribution in [0, 0.1) is 0 Å². The monoisotopic (exact) mass is 458 g/mol. The summed E-state index contributed by atoms with van der Waals surface area (Å²) in [6.07, 6.45) is 0. The molecule has 0 heteroatoms. The van der Waals surface area contributed by atoms with Crippen molar-refractivity contribution in [2.75, 3.05) is 0 Å². The van der Waals surface area contributed by atoms with Gasteiger partial charge in [-0.2, -0.15) is 0 Å². The van der Waals surface area contributed by atoms with E-state index in [-0.39, 0.29) is 0 Å². The summed E-state index contributed by atoms with van der Waals surface area (Å²) in [6.45, 7) is 0. The van der Waals surface area contributed by atoms with Gasteiger partial charge in [0.15, 0.2) is 0 Å². The molecule has 0 atom stereocenters. The fourth-order valence-corrected chi connectivity index (χ4v) is 5.08. The Morgan fingerprint density at radius 3 is 0.639 bits per heavy atom. The van der Waals surface area contributed by atoms with Crippen LogP contribution in [0.15, 0.2) is 158 Å². The highest BCUT2D eigenvalue weighted by Crippen LogP contribution is 2.43. The lowest BCUT2D eigenvalue weighted by Gasteiger charge is -2.18. The molecule has 36 heavy (non-hydrogen) atoms. The van der Waals surface area contributed by atoms with Crippen LogP contribution in [0.3, 0.4) is 0 Å². The first-order chi connectivity index (χ1) is 17.9. The molecule has 6 aromatic carbocycles. The Kier molecular flexibility index (Phi) is 6.00. The van der Waals surface area contributed by atoms with Crippen LogP contribution in [0.5, 0.6) is 0 Å². The molecule has 0 spiro atoms. The van der Waals surface area contributed by atoms with Gasteiger partial charge in [-0.3, -0.25) is 0 Å². The van der Waals surface area contributed by atoms with Crippen LogP contribution in [0.25, 0.3) is 55.6 Å². The zero-order valence-electron chi connectivity index (χ0n) is 20.0. The van der Waals surface area contributed by atoms with Crippen molar-refractivity contribution < 1.29 is 0 Å². The van der Waals surface area contributed by atoms with Gasteiger partial charge in [-0.25, -0.2) is 0 Å². The van der Waals surface area contributed by atoms with Crippen molar-refractivity contribution in [3.05, 3.63) is 158 Å². The van der Waals surface area contributed by atoms with Gasteiger partial charge in [-0.15, -0.1) is 0 Å². The maximum Gasteiger partial charge on any atom is -0.00990 e. The van der Waals surface area contributed by atoms with Crippen LogP contribution < -0.4 is 0 Å². The molecule has 170 valence electrons. The van der Waals surface area contributed by atoms with Crippen molar-refractivity contribution in [1.29, 1.82) is 0 Å². The normalized spacial score (nSPS) is 10.8. The van der Waals surface area contributed by atoms with Crippen molar-refractivity contribution in [3.63, 3.8) is 0 Å². The second-order valence-corrected chi connectivity index (χ2v) is 8.91. The molecule has 0 aliphatic heterocycles. The highest BCUT2D eigenvalue weighted by molar-refractivity contribution is 5.98. The third-order valence-electron chi connectivity index (χ3n) is 6.75. The molecule has 0 radical (unpaired) electrons. The summed E-state index contributed by atoms with van der Waals surface area (Å²) < 4.78 is 0. The van der Waals surface area contributed by atoms with Crippen molar-refractivity contribution in [2.24, 2.45) is 0 Å². The topological polar surface area (TPSA) is 0 Å². The maximum absolute atomic E-state index is 2.25. The first-order valence-corrected chi connectivity index (χ1v) is 12.4. The lowest BCUT2D eigenvalue weighted by atomic mass is 9.85. The molecule has 0 amide bonds.